The SMILES string of the molecule is COc1ccc(OC)c(NS(=O)(=O)c2c(C)sc(C)c2-c2cc(C(F)(F)F)on2)c1. The van der Waals surface area contributed by atoms with Gasteiger partial charge in [0.15, 0.2) is 0 Å². The van der Waals surface area contributed by atoms with Crippen molar-refractivity contribution in [3.63, 3.8) is 0 Å². The van der Waals surface area contributed by atoms with E-state index >= 15 is 0 Å². The van der Waals surface area contributed by atoms with Crippen LogP contribution in [0.15, 0.2) is 33.7 Å². The fourth-order valence-electron chi connectivity index (χ4n) is 2.90. The van der Waals surface area contributed by atoms with E-state index in [0.717, 1.165) is 11.3 Å². The molecule has 0 spiro atoms. The Kier molecular flexibility index (Phi) is 5.74. The van der Waals surface area contributed by atoms with Crippen molar-refractivity contribution in [1.29, 1.82) is 0 Å². The molecule has 0 amide bonds. The van der Waals surface area contributed by atoms with E-state index in [2.05, 4.69) is 14.4 Å². The van der Waals surface area contributed by atoms with Crippen molar-refractivity contribution in [3.8, 4) is 22.8 Å². The summed E-state index contributed by atoms with van der Waals surface area (Å²) in [4.78, 5) is 0.679. The van der Waals surface area contributed by atoms with Crippen molar-refractivity contribution in [1.82, 2.24) is 5.16 Å². The summed E-state index contributed by atoms with van der Waals surface area (Å²) in [5.41, 5.74) is -0.0598. The Morgan fingerprint density at radius 3 is 2.37 bits per heavy atom. The van der Waals surface area contributed by atoms with E-state index in [4.69, 9.17) is 9.47 Å². The number of methoxy groups -OCH3 is 2. The molecule has 0 fully saturated rings. The largest absolute Gasteiger partial charge is 0.497 e. The molecule has 0 aliphatic rings. The first-order valence-corrected chi connectivity index (χ1v) is 10.7. The van der Waals surface area contributed by atoms with Gasteiger partial charge in [-0.15, -0.1) is 11.3 Å². The van der Waals surface area contributed by atoms with Crippen LogP contribution in [0, 0.1) is 13.8 Å². The van der Waals surface area contributed by atoms with Crippen LogP contribution in [0.4, 0.5) is 18.9 Å². The van der Waals surface area contributed by atoms with Crippen molar-refractivity contribution in [2.45, 2.75) is 24.9 Å². The molecule has 1 aromatic carbocycles. The first kappa shape index (κ1) is 22.0. The minimum Gasteiger partial charge on any atom is -0.497 e. The van der Waals surface area contributed by atoms with E-state index in [0.29, 0.717) is 21.6 Å². The third-order valence-corrected chi connectivity index (χ3v) is 6.86. The highest BCUT2D eigenvalue weighted by Crippen LogP contribution is 2.42. The molecule has 30 heavy (non-hydrogen) atoms. The van der Waals surface area contributed by atoms with E-state index in [-0.39, 0.29) is 27.6 Å². The number of aromatic nitrogens is 1. The quantitative estimate of drug-likeness (QED) is 0.563. The smallest absolute Gasteiger partial charge is 0.452 e. The molecule has 0 atom stereocenters. The number of nitrogens with zero attached hydrogens (tertiary/aromatic N) is 1. The fourth-order valence-corrected chi connectivity index (χ4v) is 5.84. The average Bonchev–Trinajstić information content (AvgIpc) is 3.25. The molecule has 7 nitrogen and oxygen atoms in total. The second-order valence-electron chi connectivity index (χ2n) is 6.16. The molecule has 1 N–H and O–H groups in total. The van der Waals surface area contributed by atoms with Crippen LogP contribution in [-0.4, -0.2) is 27.8 Å². The van der Waals surface area contributed by atoms with Gasteiger partial charge in [0.1, 0.15) is 22.1 Å². The third-order valence-electron chi connectivity index (χ3n) is 4.17. The molecular weight excluding hydrogens is 445 g/mol. The Balaban J connectivity index is 2.11. The average molecular weight is 462 g/mol. The molecule has 2 aromatic heterocycles. The van der Waals surface area contributed by atoms with E-state index in [1.807, 2.05) is 0 Å². The number of ether oxygens (including phenoxy) is 2. The summed E-state index contributed by atoms with van der Waals surface area (Å²) in [5, 5.41) is 3.44. The Labute approximate surface area is 174 Å². The Morgan fingerprint density at radius 2 is 1.80 bits per heavy atom. The molecule has 3 rings (SSSR count). The predicted molar refractivity (Wildman–Crippen MR) is 105 cm³/mol. The van der Waals surface area contributed by atoms with E-state index in [1.54, 1.807) is 19.9 Å². The summed E-state index contributed by atoms with van der Waals surface area (Å²) in [7, 11) is -1.43. The standard InChI is InChI=1S/C18H17F3N2O5S2/c1-9-16(13-8-15(28-22-13)18(19,20)21)17(10(2)29-9)30(24,25)23-12-7-11(26-3)5-6-14(12)27-4/h5-8,23H,1-4H3. The normalized spacial score (nSPS) is 12.1. The summed E-state index contributed by atoms with van der Waals surface area (Å²) >= 11 is 1.12. The van der Waals surface area contributed by atoms with Gasteiger partial charge < -0.3 is 14.0 Å². The number of aryl methyl sites for hydroxylation is 2. The minimum atomic E-state index is -4.74. The summed E-state index contributed by atoms with van der Waals surface area (Å²) in [6.45, 7) is 3.16. The van der Waals surface area contributed by atoms with Gasteiger partial charge in [-0.2, -0.15) is 13.2 Å². The van der Waals surface area contributed by atoms with Gasteiger partial charge >= 0.3 is 6.18 Å². The number of sulfonamides is 1. The summed E-state index contributed by atoms with van der Waals surface area (Å²) in [5.74, 6) is -0.684. The monoisotopic (exact) mass is 462 g/mol. The molecule has 2 heterocycles. The van der Waals surface area contributed by atoms with Gasteiger partial charge in [0.25, 0.3) is 10.0 Å². The van der Waals surface area contributed by atoms with Crippen LogP contribution in [0.1, 0.15) is 15.5 Å². The summed E-state index contributed by atoms with van der Waals surface area (Å²) in [6.07, 6.45) is -4.74. The zero-order valence-electron chi connectivity index (χ0n) is 16.2. The van der Waals surface area contributed by atoms with Crippen LogP contribution in [-0.2, 0) is 16.2 Å². The number of thiophene rings is 1. The van der Waals surface area contributed by atoms with E-state index < -0.39 is 22.0 Å². The first-order valence-electron chi connectivity index (χ1n) is 8.37. The molecule has 0 saturated carbocycles. The van der Waals surface area contributed by atoms with Crippen LogP contribution in [0.25, 0.3) is 11.3 Å². The van der Waals surface area contributed by atoms with E-state index in [9.17, 15) is 21.6 Å². The van der Waals surface area contributed by atoms with Crippen LogP contribution < -0.4 is 14.2 Å². The van der Waals surface area contributed by atoms with Gasteiger partial charge in [-0.05, 0) is 26.0 Å². The molecule has 12 heteroatoms. The molecule has 0 radical (unpaired) electrons. The van der Waals surface area contributed by atoms with Gasteiger partial charge in [-0.3, -0.25) is 4.72 Å². The second kappa shape index (κ2) is 7.84. The van der Waals surface area contributed by atoms with E-state index in [1.165, 1.54) is 26.4 Å². The van der Waals surface area contributed by atoms with Crippen LogP contribution in [0.2, 0.25) is 0 Å². The lowest BCUT2D eigenvalue weighted by Crippen LogP contribution is -2.15. The zero-order valence-corrected chi connectivity index (χ0v) is 17.9. The zero-order chi connectivity index (χ0) is 22.3. The Bertz CT molecular complexity index is 1180. The molecular formula is C18H17F3N2O5S2. The Hall–Kier alpha value is -2.73. The van der Waals surface area contributed by atoms with Crippen molar-refractivity contribution < 1.29 is 35.6 Å². The number of hydrogen-bond donors (Lipinski definition) is 1. The minimum absolute atomic E-state index is 0.0473. The van der Waals surface area contributed by atoms with Crippen LogP contribution in [0.3, 0.4) is 0 Å². The number of halogens is 3. The van der Waals surface area contributed by atoms with Gasteiger partial charge in [0.05, 0.1) is 19.9 Å². The molecule has 3 aromatic rings. The van der Waals surface area contributed by atoms with Gasteiger partial charge in [0, 0.05) is 27.5 Å². The number of nitrogens with one attached hydrogen (secondary N) is 1. The van der Waals surface area contributed by atoms with Gasteiger partial charge in [-0.1, -0.05) is 5.16 Å². The lowest BCUT2D eigenvalue weighted by atomic mass is 10.1. The second-order valence-corrected chi connectivity index (χ2v) is 9.21. The Morgan fingerprint density at radius 1 is 1.10 bits per heavy atom. The highest BCUT2D eigenvalue weighted by molar-refractivity contribution is 7.93. The number of benzene rings is 1. The van der Waals surface area contributed by atoms with Crippen molar-refractivity contribution in [2.24, 2.45) is 0 Å². The number of hydrogen-bond acceptors (Lipinski definition) is 7. The highest BCUT2D eigenvalue weighted by atomic mass is 32.2. The first-order chi connectivity index (χ1) is 14.0. The molecule has 162 valence electrons. The van der Waals surface area contributed by atoms with Crippen molar-refractivity contribution in [3.05, 3.63) is 39.8 Å². The lowest BCUT2D eigenvalue weighted by Gasteiger charge is -2.14. The predicted octanol–water partition coefficient (Wildman–Crippen LogP) is 4.86. The fraction of sp³-hybridized carbons (Fsp3) is 0.278. The third kappa shape index (κ3) is 4.10. The molecule has 0 unspecified atom stereocenters. The molecule has 0 bridgehead atoms. The topological polar surface area (TPSA) is 90.7 Å². The van der Waals surface area contributed by atoms with Gasteiger partial charge in [0.2, 0.25) is 5.76 Å². The number of alkyl halides is 3. The molecule has 0 aliphatic heterocycles. The van der Waals surface area contributed by atoms with Crippen molar-refractivity contribution >= 4 is 27.0 Å². The number of anilines is 1. The maximum atomic E-state index is 13.2. The van der Waals surface area contributed by atoms with Crippen molar-refractivity contribution in [2.75, 3.05) is 18.9 Å². The van der Waals surface area contributed by atoms with Crippen LogP contribution >= 0.6 is 11.3 Å². The lowest BCUT2D eigenvalue weighted by molar-refractivity contribution is -0.155. The maximum Gasteiger partial charge on any atom is 0.452 e. The molecule has 0 aliphatic carbocycles. The number of rotatable bonds is 6. The molecule has 0 saturated heterocycles. The van der Waals surface area contributed by atoms with Crippen LogP contribution in [0.5, 0.6) is 11.5 Å². The summed E-state index contributed by atoms with van der Waals surface area (Å²) in [6, 6.07) is 5.23. The highest BCUT2D eigenvalue weighted by Gasteiger charge is 2.37. The maximum absolute atomic E-state index is 13.2. The summed E-state index contributed by atoms with van der Waals surface area (Å²) < 4.78 is 82.3. The van der Waals surface area contributed by atoms with Gasteiger partial charge in [-0.25, -0.2) is 8.42 Å².